The second-order valence-electron chi connectivity index (χ2n) is 4.31. The van der Waals surface area contributed by atoms with Gasteiger partial charge in [-0.3, -0.25) is 4.79 Å². The zero-order chi connectivity index (χ0) is 10.3. The Morgan fingerprint density at radius 1 is 1.23 bits per heavy atom. The Morgan fingerprint density at radius 3 is 2.31 bits per heavy atom. The molecule has 0 amide bonds. The van der Waals surface area contributed by atoms with Crippen LogP contribution in [-0.2, 0) is 4.79 Å². The van der Waals surface area contributed by atoms with Crippen LogP contribution in [0.1, 0.15) is 53.4 Å². The van der Waals surface area contributed by atoms with Crippen molar-refractivity contribution in [3.63, 3.8) is 0 Å². The molecule has 13 heavy (non-hydrogen) atoms. The molecule has 0 atom stereocenters. The van der Waals surface area contributed by atoms with Gasteiger partial charge in [0, 0.05) is 18.3 Å². The molecule has 0 unspecified atom stereocenters. The maximum atomic E-state index is 11.5. The van der Waals surface area contributed by atoms with Gasteiger partial charge in [-0.15, -0.1) is 11.8 Å². The van der Waals surface area contributed by atoms with Crippen molar-refractivity contribution in [3.05, 3.63) is 0 Å². The second-order valence-corrected chi connectivity index (χ2v) is 4.31. The first-order chi connectivity index (χ1) is 5.98. The van der Waals surface area contributed by atoms with E-state index in [1.54, 1.807) is 0 Å². The molecule has 0 saturated carbocycles. The van der Waals surface area contributed by atoms with Crippen molar-refractivity contribution >= 4 is 5.78 Å². The van der Waals surface area contributed by atoms with Crippen molar-refractivity contribution in [2.75, 3.05) is 0 Å². The lowest BCUT2D eigenvalue weighted by Gasteiger charge is -2.15. The van der Waals surface area contributed by atoms with Gasteiger partial charge in [0.2, 0.25) is 0 Å². The molecule has 0 rings (SSSR count). The van der Waals surface area contributed by atoms with E-state index in [2.05, 4.69) is 11.8 Å². The van der Waals surface area contributed by atoms with E-state index in [0.29, 0.717) is 12.2 Å². The number of hydrogen-bond donors (Lipinski definition) is 0. The lowest BCUT2D eigenvalue weighted by Crippen LogP contribution is -2.19. The van der Waals surface area contributed by atoms with Crippen LogP contribution in [0.4, 0.5) is 0 Å². The maximum absolute atomic E-state index is 11.5. The Kier molecular flexibility index (Phi) is 5.46. The molecule has 0 heterocycles. The molecule has 1 nitrogen and oxygen atoms in total. The molecule has 0 aromatic carbocycles. The lowest BCUT2D eigenvalue weighted by molar-refractivity contribution is -0.126. The van der Waals surface area contributed by atoms with Gasteiger partial charge >= 0.3 is 0 Å². The van der Waals surface area contributed by atoms with Gasteiger partial charge in [0.1, 0.15) is 5.78 Å². The number of carbonyl (C=O) groups excluding carboxylic acids is 1. The number of rotatable bonds is 4. The first-order valence-corrected chi connectivity index (χ1v) is 4.91. The Morgan fingerprint density at radius 2 is 1.85 bits per heavy atom. The molecule has 0 spiro atoms. The van der Waals surface area contributed by atoms with Gasteiger partial charge in [0.25, 0.3) is 0 Å². The maximum Gasteiger partial charge on any atom is 0.138 e. The highest BCUT2D eigenvalue weighted by molar-refractivity contribution is 5.83. The minimum Gasteiger partial charge on any atom is -0.299 e. The molecule has 0 radical (unpaired) electrons. The summed E-state index contributed by atoms with van der Waals surface area (Å²) in [5.74, 6) is 6.21. The van der Waals surface area contributed by atoms with E-state index in [1.165, 1.54) is 0 Å². The Bertz CT molecular complexity index is 210. The van der Waals surface area contributed by atoms with E-state index in [0.717, 1.165) is 19.3 Å². The molecule has 0 fully saturated rings. The molecule has 0 aromatic rings. The van der Waals surface area contributed by atoms with E-state index in [9.17, 15) is 4.79 Å². The molecular formula is C12H20O. The quantitative estimate of drug-likeness (QED) is 0.479. The number of unbranched alkanes of at least 4 members (excludes halogenated alkanes) is 2. The fourth-order valence-corrected chi connectivity index (χ4v) is 0.999. The number of carbonyl (C=O) groups is 1. The van der Waals surface area contributed by atoms with Gasteiger partial charge in [-0.25, -0.2) is 0 Å². The van der Waals surface area contributed by atoms with Crippen molar-refractivity contribution in [2.24, 2.45) is 5.41 Å². The monoisotopic (exact) mass is 180 g/mol. The summed E-state index contributed by atoms with van der Waals surface area (Å²) in [4.78, 5) is 11.5. The van der Waals surface area contributed by atoms with E-state index >= 15 is 0 Å². The smallest absolute Gasteiger partial charge is 0.138 e. The van der Waals surface area contributed by atoms with Crippen LogP contribution >= 0.6 is 0 Å². The van der Waals surface area contributed by atoms with Crippen molar-refractivity contribution in [3.8, 4) is 11.8 Å². The fraction of sp³-hybridized carbons (Fsp3) is 0.750. The van der Waals surface area contributed by atoms with E-state index in [1.807, 2.05) is 27.7 Å². The van der Waals surface area contributed by atoms with Crippen molar-refractivity contribution < 1.29 is 4.79 Å². The molecule has 0 bridgehead atoms. The Balaban J connectivity index is 3.53. The SMILES string of the molecule is CC#CCCCCC(=O)C(C)(C)C. The summed E-state index contributed by atoms with van der Waals surface area (Å²) in [7, 11) is 0. The Hall–Kier alpha value is -0.770. The molecule has 0 saturated heterocycles. The lowest BCUT2D eigenvalue weighted by atomic mass is 9.88. The largest absolute Gasteiger partial charge is 0.299 e. The highest BCUT2D eigenvalue weighted by Crippen LogP contribution is 2.18. The topological polar surface area (TPSA) is 17.1 Å². The first-order valence-electron chi connectivity index (χ1n) is 4.91. The van der Waals surface area contributed by atoms with Gasteiger partial charge in [-0.05, 0) is 19.8 Å². The van der Waals surface area contributed by atoms with Gasteiger partial charge in [0.05, 0.1) is 0 Å². The molecule has 0 aromatic heterocycles. The van der Waals surface area contributed by atoms with Crippen LogP contribution in [-0.4, -0.2) is 5.78 Å². The molecule has 0 aliphatic rings. The van der Waals surface area contributed by atoms with Gasteiger partial charge in [0.15, 0.2) is 0 Å². The minimum absolute atomic E-state index is 0.170. The molecule has 0 aliphatic heterocycles. The summed E-state index contributed by atoms with van der Waals surface area (Å²) in [6.45, 7) is 7.77. The standard InChI is InChI=1S/C12H20O/c1-5-6-7-8-9-10-11(13)12(2,3)4/h7-10H2,1-4H3. The highest BCUT2D eigenvalue weighted by atomic mass is 16.1. The second kappa shape index (κ2) is 5.80. The molecular weight excluding hydrogens is 160 g/mol. The molecule has 0 aliphatic carbocycles. The summed E-state index contributed by atoms with van der Waals surface area (Å²) < 4.78 is 0. The van der Waals surface area contributed by atoms with E-state index < -0.39 is 0 Å². The summed E-state index contributed by atoms with van der Waals surface area (Å²) in [6.07, 6.45) is 3.65. The number of Topliss-reactive ketones (excluding diaryl/α,β-unsaturated/α-hetero) is 1. The van der Waals surface area contributed by atoms with Crippen LogP contribution in [0.15, 0.2) is 0 Å². The van der Waals surface area contributed by atoms with E-state index in [-0.39, 0.29) is 5.41 Å². The molecule has 0 N–H and O–H groups in total. The summed E-state index contributed by atoms with van der Waals surface area (Å²) in [6, 6.07) is 0. The minimum atomic E-state index is -0.170. The van der Waals surface area contributed by atoms with Crippen molar-refractivity contribution in [2.45, 2.75) is 53.4 Å². The average molecular weight is 180 g/mol. The van der Waals surface area contributed by atoms with Crippen LogP contribution in [0.2, 0.25) is 0 Å². The Labute approximate surface area is 81.9 Å². The summed E-state index contributed by atoms with van der Waals surface area (Å²) in [5, 5.41) is 0. The van der Waals surface area contributed by atoms with Gasteiger partial charge < -0.3 is 0 Å². The van der Waals surface area contributed by atoms with Gasteiger partial charge in [-0.1, -0.05) is 20.8 Å². The first kappa shape index (κ1) is 12.2. The molecule has 74 valence electrons. The van der Waals surface area contributed by atoms with Crippen LogP contribution in [0.5, 0.6) is 0 Å². The number of hydrogen-bond acceptors (Lipinski definition) is 1. The predicted octanol–water partition coefficient (Wildman–Crippen LogP) is 3.19. The fourth-order valence-electron chi connectivity index (χ4n) is 0.999. The normalized spacial score (nSPS) is 10.5. The number of ketones is 1. The van der Waals surface area contributed by atoms with E-state index in [4.69, 9.17) is 0 Å². The van der Waals surface area contributed by atoms with Crippen LogP contribution in [0.25, 0.3) is 0 Å². The van der Waals surface area contributed by atoms with Gasteiger partial charge in [-0.2, -0.15) is 0 Å². The van der Waals surface area contributed by atoms with Crippen LogP contribution < -0.4 is 0 Å². The molecule has 1 heteroatoms. The third kappa shape index (κ3) is 6.40. The van der Waals surface area contributed by atoms with Crippen molar-refractivity contribution in [1.82, 2.24) is 0 Å². The van der Waals surface area contributed by atoms with Crippen molar-refractivity contribution in [1.29, 1.82) is 0 Å². The average Bonchev–Trinajstić information content (AvgIpc) is 2.02. The predicted molar refractivity (Wildman–Crippen MR) is 56.4 cm³/mol. The third-order valence-corrected chi connectivity index (χ3v) is 1.97. The van der Waals surface area contributed by atoms with Crippen LogP contribution in [0, 0.1) is 17.3 Å². The third-order valence-electron chi connectivity index (χ3n) is 1.97. The highest BCUT2D eigenvalue weighted by Gasteiger charge is 2.19. The van der Waals surface area contributed by atoms with Crippen LogP contribution in [0.3, 0.4) is 0 Å². The zero-order valence-corrected chi connectivity index (χ0v) is 9.24. The zero-order valence-electron chi connectivity index (χ0n) is 9.24. The summed E-state index contributed by atoms with van der Waals surface area (Å²) in [5.41, 5.74) is -0.170. The summed E-state index contributed by atoms with van der Waals surface area (Å²) >= 11 is 0.